The number of ether oxygens (including phenoxy) is 1. The number of anilines is 1. The van der Waals surface area contributed by atoms with Crippen LogP contribution in [0.15, 0.2) is 107 Å². The van der Waals surface area contributed by atoms with E-state index in [0.717, 1.165) is 14.7 Å². The lowest BCUT2D eigenvalue weighted by molar-refractivity contribution is -0.384. The van der Waals surface area contributed by atoms with Crippen LogP contribution in [-0.4, -0.2) is 22.0 Å². The summed E-state index contributed by atoms with van der Waals surface area (Å²) in [5.74, 6) is 0.896. The number of benzene rings is 4. The molecule has 0 aliphatic carbocycles. The summed E-state index contributed by atoms with van der Waals surface area (Å²) in [5.41, 5.74) is 1.69. The van der Waals surface area contributed by atoms with Gasteiger partial charge in [0.25, 0.3) is 11.6 Å². The summed E-state index contributed by atoms with van der Waals surface area (Å²) in [4.78, 5) is 28.6. The van der Waals surface area contributed by atoms with Crippen LogP contribution in [0.25, 0.3) is 10.2 Å². The zero-order valence-electron chi connectivity index (χ0n) is 19.0. The summed E-state index contributed by atoms with van der Waals surface area (Å²) in [6.07, 6.45) is 1.47. The smallest absolute Gasteiger partial charge is 0.280 e. The Balaban J connectivity index is 1.45. The van der Waals surface area contributed by atoms with Gasteiger partial charge in [0.2, 0.25) is 5.13 Å². The van der Waals surface area contributed by atoms with E-state index in [1.54, 1.807) is 36.4 Å². The fourth-order valence-electron chi connectivity index (χ4n) is 3.38. The Morgan fingerprint density at radius 2 is 1.68 bits per heavy atom. The lowest BCUT2D eigenvalue weighted by atomic mass is 10.2. The zero-order valence-corrected chi connectivity index (χ0v) is 21.4. The van der Waals surface area contributed by atoms with Gasteiger partial charge in [0.05, 0.1) is 21.4 Å². The number of hydrazone groups is 1. The number of fused-ring (bicyclic) bond motifs is 1. The molecule has 1 heterocycles. The van der Waals surface area contributed by atoms with E-state index in [1.165, 1.54) is 34.7 Å². The molecule has 0 N–H and O–H groups in total. The minimum atomic E-state index is -0.471. The summed E-state index contributed by atoms with van der Waals surface area (Å²) >= 11 is 4.79. The average molecular weight is 573 g/mol. The Kier molecular flexibility index (Phi) is 7.02. The molecule has 1 aromatic heterocycles. The number of aromatic nitrogens is 1. The van der Waals surface area contributed by atoms with Gasteiger partial charge in [0.1, 0.15) is 11.5 Å². The van der Waals surface area contributed by atoms with E-state index in [-0.39, 0.29) is 11.6 Å². The summed E-state index contributed by atoms with van der Waals surface area (Å²) < 4.78 is 7.61. The molecule has 0 aliphatic heterocycles. The quantitative estimate of drug-likeness (QED) is 0.115. The third-order valence-electron chi connectivity index (χ3n) is 5.22. The highest BCUT2D eigenvalue weighted by Crippen LogP contribution is 2.32. The Morgan fingerprint density at radius 3 is 2.38 bits per heavy atom. The van der Waals surface area contributed by atoms with E-state index < -0.39 is 4.92 Å². The van der Waals surface area contributed by atoms with Gasteiger partial charge in [-0.1, -0.05) is 45.5 Å². The van der Waals surface area contributed by atoms with Crippen molar-refractivity contribution >= 4 is 60.4 Å². The van der Waals surface area contributed by atoms with Crippen molar-refractivity contribution in [2.75, 3.05) is 5.01 Å². The maximum atomic E-state index is 13.6. The number of rotatable bonds is 7. The number of carbonyl (C=O) groups excluding carboxylic acids is 1. The molecule has 0 saturated carbocycles. The molecule has 0 saturated heterocycles. The molecule has 10 heteroatoms. The van der Waals surface area contributed by atoms with Gasteiger partial charge < -0.3 is 4.74 Å². The van der Waals surface area contributed by atoms with Crippen molar-refractivity contribution in [3.8, 4) is 11.5 Å². The van der Waals surface area contributed by atoms with Crippen molar-refractivity contribution in [3.63, 3.8) is 0 Å². The molecule has 1 amide bonds. The van der Waals surface area contributed by atoms with Crippen molar-refractivity contribution in [2.24, 2.45) is 5.10 Å². The van der Waals surface area contributed by atoms with Gasteiger partial charge >= 0.3 is 0 Å². The fraction of sp³-hybridized carbons (Fsp3) is 0. The fourth-order valence-corrected chi connectivity index (χ4v) is 4.86. The molecule has 182 valence electrons. The van der Waals surface area contributed by atoms with Crippen molar-refractivity contribution < 1.29 is 14.5 Å². The SMILES string of the molecule is O=C(c1ccc(Oc2ccccc2)cc1)N(/N=C/c1ccc([N+](=O)[O-])cc1)c1nc2ccc(Br)cc2s1. The minimum absolute atomic E-state index is 0.0281. The number of hydrogen-bond acceptors (Lipinski definition) is 7. The number of thiazole rings is 1. The summed E-state index contributed by atoms with van der Waals surface area (Å²) in [5, 5.41) is 17.0. The van der Waals surface area contributed by atoms with Crippen LogP contribution < -0.4 is 9.75 Å². The monoisotopic (exact) mass is 572 g/mol. The normalized spacial score (nSPS) is 11.1. The first-order valence-electron chi connectivity index (χ1n) is 11.0. The van der Waals surface area contributed by atoms with Crippen LogP contribution in [0.4, 0.5) is 10.8 Å². The molecule has 0 aliphatic rings. The molecule has 0 bridgehead atoms. The third-order valence-corrected chi connectivity index (χ3v) is 6.71. The standard InChI is InChI=1S/C27H17BrN4O4S/c28-20-10-15-24-25(16-20)37-27(30-24)31(29-17-18-6-11-21(12-7-18)32(34)35)26(33)19-8-13-23(14-9-19)36-22-4-2-1-3-5-22/h1-17H/b29-17+. The zero-order chi connectivity index (χ0) is 25.8. The summed E-state index contributed by atoms with van der Waals surface area (Å²) in [6, 6.07) is 27.7. The van der Waals surface area contributed by atoms with Crippen molar-refractivity contribution in [1.82, 2.24) is 4.98 Å². The van der Waals surface area contributed by atoms with E-state index in [2.05, 4.69) is 26.0 Å². The maximum Gasteiger partial charge on any atom is 0.280 e. The number of nitrogens with zero attached hydrogens (tertiary/aromatic N) is 4. The first-order valence-corrected chi connectivity index (χ1v) is 12.6. The van der Waals surface area contributed by atoms with Crippen LogP contribution in [-0.2, 0) is 0 Å². The van der Waals surface area contributed by atoms with E-state index in [9.17, 15) is 14.9 Å². The molecule has 0 radical (unpaired) electrons. The molecular weight excluding hydrogens is 556 g/mol. The second-order valence-electron chi connectivity index (χ2n) is 7.76. The lowest BCUT2D eigenvalue weighted by Gasteiger charge is -2.14. The third kappa shape index (κ3) is 5.71. The number of nitro groups is 1. The Bertz CT molecular complexity index is 1600. The topological polar surface area (TPSA) is 97.9 Å². The van der Waals surface area contributed by atoms with Crippen molar-refractivity contribution in [2.45, 2.75) is 0 Å². The van der Waals surface area contributed by atoms with Crippen LogP contribution in [0.5, 0.6) is 11.5 Å². The van der Waals surface area contributed by atoms with Crippen LogP contribution in [0, 0.1) is 10.1 Å². The molecule has 5 rings (SSSR count). The average Bonchev–Trinajstić information content (AvgIpc) is 3.33. The number of para-hydroxylation sites is 1. The van der Waals surface area contributed by atoms with Gasteiger partial charge in [-0.3, -0.25) is 14.9 Å². The second kappa shape index (κ2) is 10.7. The number of halogens is 1. The number of carbonyl (C=O) groups is 1. The van der Waals surface area contributed by atoms with Gasteiger partial charge in [0, 0.05) is 22.2 Å². The van der Waals surface area contributed by atoms with Crippen molar-refractivity contribution in [3.05, 3.63) is 123 Å². The summed E-state index contributed by atoms with van der Waals surface area (Å²) in [7, 11) is 0. The largest absolute Gasteiger partial charge is 0.457 e. The number of nitro benzene ring substituents is 1. The predicted octanol–water partition coefficient (Wildman–Crippen LogP) is 7.44. The van der Waals surface area contributed by atoms with Crippen molar-refractivity contribution in [1.29, 1.82) is 0 Å². The highest BCUT2D eigenvalue weighted by atomic mass is 79.9. The number of amides is 1. The molecule has 0 atom stereocenters. The van der Waals surface area contributed by atoms with Gasteiger partial charge in [-0.2, -0.15) is 10.1 Å². The van der Waals surface area contributed by atoms with Crippen LogP contribution in [0.3, 0.4) is 0 Å². The van der Waals surface area contributed by atoms with Crippen LogP contribution in [0.2, 0.25) is 0 Å². The van der Waals surface area contributed by atoms with E-state index in [0.29, 0.717) is 27.8 Å². The first kappa shape index (κ1) is 24.3. The molecule has 0 fully saturated rings. The molecule has 5 aromatic rings. The minimum Gasteiger partial charge on any atom is -0.457 e. The molecule has 37 heavy (non-hydrogen) atoms. The molecular formula is C27H17BrN4O4S. The lowest BCUT2D eigenvalue weighted by Crippen LogP contribution is -2.25. The highest BCUT2D eigenvalue weighted by molar-refractivity contribution is 9.10. The Morgan fingerprint density at radius 1 is 0.973 bits per heavy atom. The first-order chi connectivity index (χ1) is 18.0. The van der Waals surface area contributed by atoms with Gasteiger partial charge in [-0.25, -0.2) is 4.98 Å². The Labute approximate surface area is 223 Å². The van der Waals surface area contributed by atoms with Gasteiger partial charge in [0.15, 0.2) is 0 Å². The van der Waals surface area contributed by atoms with E-state index in [4.69, 9.17) is 4.74 Å². The molecule has 8 nitrogen and oxygen atoms in total. The maximum absolute atomic E-state index is 13.6. The number of hydrogen-bond donors (Lipinski definition) is 0. The molecule has 4 aromatic carbocycles. The predicted molar refractivity (Wildman–Crippen MR) is 148 cm³/mol. The molecule has 0 unspecified atom stereocenters. The second-order valence-corrected chi connectivity index (χ2v) is 9.68. The molecule has 0 spiro atoms. The summed E-state index contributed by atoms with van der Waals surface area (Å²) in [6.45, 7) is 0. The van der Waals surface area contributed by atoms with Crippen LogP contribution >= 0.6 is 27.3 Å². The highest BCUT2D eigenvalue weighted by Gasteiger charge is 2.21. The van der Waals surface area contributed by atoms with Crippen LogP contribution in [0.1, 0.15) is 15.9 Å². The Hall–Kier alpha value is -4.41. The number of non-ortho nitro benzene ring substituents is 1. The van der Waals surface area contributed by atoms with E-state index >= 15 is 0 Å². The van der Waals surface area contributed by atoms with Gasteiger partial charge in [-0.15, -0.1) is 0 Å². The van der Waals surface area contributed by atoms with Gasteiger partial charge in [-0.05, 0) is 72.3 Å². The van der Waals surface area contributed by atoms with E-state index in [1.807, 2.05) is 48.5 Å².